The Bertz CT molecular complexity index is 2660. The van der Waals surface area contributed by atoms with Crippen LogP contribution in [0.15, 0.2) is 194 Å². The first kappa shape index (κ1) is 60.8. The second kappa shape index (κ2) is 29.5. The summed E-state index contributed by atoms with van der Waals surface area (Å²) in [5, 5.41) is 20.4. The van der Waals surface area contributed by atoms with Crippen molar-refractivity contribution in [1.29, 1.82) is 0 Å². The zero-order valence-corrected chi connectivity index (χ0v) is 54.5. The number of carboxylic acid groups (broad SMARTS) is 2. The van der Waals surface area contributed by atoms with E-state index in [1.165, 1.54) is 85.4 Å². The van der Waals surface area contributed by atoms with Crippen LogP contribution >= 0.6 is 0 Å². The molecule has 398 valence electrons. The van der Waals surface area contributed by atoms with Gasteiger partial charge in [0.1, 0.15) is 0 Å². The molecule has 0 heterocycles. The maximum absolute atomic E-state index is 12.4. The second-order valence-electron chi connectivity index (χ2n) is 21.3. The molecule has 77 heavy (non-hydrogen) atoms. The molecule has 0 saturated carbocycles. The molecule has 0 aliphatic heterocycles. The third-order valence-corrected chi connectivity index (χ3v) is 41.6. The predicted octanol–water partition coefficient (Wildman–Crippen LogP) is 13.5. The van der Waals surface area contributed by atoms with Crippen LogP contribution in [0.4, 0.5) is 0 Å². The Kier molecular flexibility index (Phi) is 23.3. The molecular weight excluding hydrogens is 1170 g/mol. The van der Waals surface area contributed by atoms with Gasteiger partial charge < -0.3 is 0 Å². The van der Waals surface area contributed by atoms with E-state index in [-0.39, 0.29) is 43.5 Å². The Morgan fingerprint density at radius 2 is 0.584 bits per heavy atom. The number of hydrogen-bond acceptors (Lipinski definition) is 2. The van der Waals surface area contributed by atoms with Crippen molar-refractivity contribution in [3.05, 3.63) is 250 Å². The summed E-state index contributed by atoms with van der Waals surface area (Å²) in [6.45, 7) is 21.4. The summed E-state index contributed by atoms with van der Waals surface area (Å²) in [7, 11) is 0. The Morgan fingerprint density at radius 1 is 0.364 bits per heavy atom. The van der Waals surface area contributed by atoms with Crippen molar-refractivity contribution >= 4 is 86.0 Å². The molecule has 8 aromatic carbocycles. The fourth-order valence-electron chi connectivity index (χ4n) is 11.1. The third kappa shape index (κ3) is 15.5. The Balaban J connectivity index is 0.000000215. The molecule has 0 fully saturated rings. The van der Waals surface area contributed by atoms with Crippen LogP contribution in [0.25, 0.3) is 0 Å². The van der Waals surface area contributed by atoms with Crippen molar-refractivity contribution in [1.82, 2.24) is 0 Å². The average Bonchev–Trinajstić information content (AvgIpc) is 3.57. The van der Waals surface area contributed by atoms with Gasteiger partial charge in [0, 0.05) is 0 Å². The molecule has 8 rings (SSSR count). The number of aliphatic carboxylic acids is 2. The summed E-state index contributed by atoms with van der Waals surface area (Å²) >= 11 is -7.04. The van der Waals surface area contributed by atoms with Gasteiger partial charge in [0.15, 0.2) is 0 Å². The first-order chi connectivity index (χ1) is 37.0. The van der Waals surface area contributed by atoms with Crippen LogP contribution < -0.4 is 26.4 Å². The molecule has 0 spiro atoms. The number of carboxylic acids is 2. The van der Waals surface area contributed by atoms with E-state index in [0.29, 0.717) is 0 Å². The third-order valence-electron chi connectivity index (χ3n) is 15.4. The summed E-state index contributed by atoms with van der Waals surface area (Å²) < 4.78 is 10.7. The van der Waals surface area contributed by atoms with Gasteiger partial charge in [-0.2, -0.15) is 0 Å². The fourth-order valence-corrected chi connectivity index (χ4v) is 38.6. The van der Waals surface area contributed by atoms with Crippen molar-refractivity contribution in [3.63, 3.8) is 0 Å². The van der Waals surface area contributed by atoms with E-state index in [1.54, 1.807) is 8.87 Å². The van der Waals surface area contributed by atoms with Gasteiger partial charge in [-0.05, 0) is 0 Å². The molecule has 2 atom stereocenters. The van der Waals surface area contributed by atoms with Crippen LogP contribution in [-0.2, 0) is 9.59 Å². The van der Waals surface area contributed by atoms with E-state index in [1.807, 2.05) is 24.3 Å². The molecule has 0 saturated heterocycles. The van der Waals surface area contributed by atoms with Gasteiger partial charge in [0.2, 0.25) is 0 Å². The number of unbranched alkanes of at least 4 members (excludes halogenated alkanes) is 2. The van der Waals surface area contributed by atoms with Gasteiger partial charge in [-0.3, -0.25) is 0 Å². The molecule has 0 aliphatic rings. The van der Waals surface area contributed by atoms with Gasteiger partial charge in [-0.25, -0.2) is 0 Å². The molecule has 4 nitrogen and oxygen atoms in total. The fraction of sp³-hybridized carbons (Fsp3) is 0.286. The van der Waals surface area contributed by atoms with Crippen molar-refractivity contribution in [2.45, 2.75) is 126 Å². The Hall–Kier alpha value is -5.42. The quantitative estimate of drug-likeness (QED) is 0.0589. The average molecular weight is 1250 g/mol. The van der Waals surface area contributed by atoms with Crippen molar-refractivity contribution in [2.24, 2.45) is 0 Å². The summed E-state index contributed by atoms with van der Waals surface area (Å²) in [4.78, 5) is 24.9. The first-order valence-corrected chi connectivity index (χ1v) is 40.5. The molecule has 2 radical (unpaired) electrons. The Morgan fingerprint density at radius 3 is 0.779 bits per heavy atom. The van der Waals surface area contributed by atoms with Crippen molar-refractivity contribution in [2.75, 3.05) is 0 Å². The zero-order valence-electron chi connectivity index (χ0n) is 47.5. The van der Waals surface area contributed by atoms with Crippen LogP contribution in [0.2, 0.25) is 8.87 Å². The van der Waals surface area contributed by atoms with Crippen LogP contribution in [0.5, 0.6) is 0 Å². The number of carbonyl (C=O) groups is 2. The normalized spacial score (nSPS) is 12.1. The van der Waals surface area contributed by atoms with E-state index in [0.717, 1.165) is 22.3 Å². The summed E-state index contributed by atoms with van der Waals surface area (Å²) in [6, 6.07) is 69.8. The zero-order chi connectivity index (χ0) is 55.5. The topological polar surface area (TPSA) is 74.6 Å². The van der Waals surface area contributed by atoms with E-state index >= 15 is 0 Å². The number of rotatable bonds is 20. The number of aryl methyl sites for hydroxylation is 8. The molecule has 8 aromatic rings. The Labute approximate surface area is 477 Å². The van der Waals surface area contributed by atoms with Crippen molar-refractivity contribution < 1.29 is 19.8 Å². The monoisotopic (exact) mass is 1250 g/mol. The van der Waals surface area contributed by atoms with E-state index < -0.39 is 38.5 Å². The molecule has 0 bridgehead atoms. The summed E-state index contributed by atoms with van der Waals surface area (Å²) in [6.07, 6.45) is 6.03. The first-order valence-electron chi connectivity index (χ1n) is 27.7. The number of benzene rings is 8. The maximum atomic E-state index is 12.4. The molecular formula is C70H82Ge2O4Sn. The van der Waals surface area contributed by atoms with Crippen molar-refractivity contribution in [3.8, 4) is 0 Å². The predicted molar refractivity (Wildman–Crippen MR) is 334 cm³/mol. The van der Waals surface area contributed by atoms with E-state index in [4.69, 9.17) is 0 Å². The minimum atomic E-state index is -3.59. The second-order valence-corrected chi connectivity index (χ2v) is 42.5. The van der Waals surface area contributed by atoms with Gasteiger partial charge in [-0.1, -0.05) is 0 Å². The molecule has 2 unspecified atom stereocenters. The van der Waals surface area contributed by atoms with E-state index in [9.17, 15) is 19.8 Å². The van der Waals surface area contributed by atoms with Crippen LogP contribution in [-0.4, -0.2) is 69.8 Å². The molecule has 0 amide bonds. The minimum absolute atomic E-state index is 0.0977. The standard InChI is InChI=1S/2C31H32GeO2.2C4H9.Sn/c2*1-22-9-15-26(16-10-22)32(27-17-11-23(2)12-18-27,28-19-13-24(3)14-20-28)30(21-31(33)34)29-8-6-5-7-25(29)4;2*1-3-4-2;/h2*5-20,30H,21H2,1-4H3,(H,33,34);2*1,3-4H2,2H3;. The molecule has 0 aromatic heterocycles. The van der Waals surface area contributed by atoms with Gasteiger partial charge in [0.05, 0.1) is 0 Å². The number of hydrogen-bond donors (Lipinski definition) is 2. The van der Waals surface area contributed by atoms with Gasteiger partial charge in [-0.15, -0.1) is 0 Å². The van der Waals surface area contributed by atoms with Crippen LogP contribution in [0.1, 0.15) is 118 Å². The molecule has 2 N–H and O–H groups in total. The SMILES string of the molecule is CCC[CH2][Sn][CH2]CCC.Cc1cc[c]([Ge]([c]2ccc(C)cc2)([c]2ccc(C)cc2)[CH](CC(=O)O)c2ccccc2C)cc1.Cc1cc[c]([Ge]([c]2ccc(C)cc2)([c]2ccc(C)cc2)[CH](CC(=O)O)c2ccccc2C)cc1. The molecule has 0 aliphatic carbocycles. The molecule has 7 heteroatoms. The van der Waals surface area contributed by atoms with E-state index in [2.05, 4.69) is 239 Å². The summed E-state index contributed by atoms with van der Waals surface area (Å²) in [5.74, 6) is -1.51. The summed E-state index contributed by atoms with van der Waals surface area (Å²) in [5.41, 5.74) is 11.8. The van der Waals surface area contributed by atoms with Crippen LogP contribution in [0.3, 0.4) is 0 Å². The van der Waals surface area contributed by atoms with Gasteiger partial charge in [0.25, 0.3) is 0 Å². The van der Waals surface area contributed by atoms with Crippen LogP contribution in [0, 0.1) is 55.4 Å². The van der Waals surface area contributed by atoms with Gasteiger partial charge >= 0.3 is 482 Å².